The zero-order valence-corrected chi connectivity index (χ0v) is 21.3. The molecule has 0 spiro atoms. The minimum atomic E-state index is -3.78. The Morgan fingerprint density at radius 2 is 1.64 bits per heavy atom. The molecule has 2 rings (SSSR count). The quantitative estimate of drug-likeness (QED) is 0.545. The number of halogens is 1. The number of carbonyl (C=O) groups excluding carboxylic acids is 2. The summed E-state index contributed by atoms with van der Waals surface area (Å²) in [5.41, 5.74) is 1.93. The summed E-state index contributed by atoms with van der Waals surface area (Å²) in [4.78, 5) is 27.5. The molecule has 0 aromatic heterocycles. The summed E-state index contributed by atoms with van der Waals surface area (Å²) in [6.45, 7) is 7.38. The zero-order valence-electron chi connectivity index (χ0n) is 19.7. The highest BCUT2D eigenvalue weighted by Crippen LogP contribution is 2.29. The van der Waals surface area contributed by atoms with Crippen LogP contribution in [0.25, 0.3) is 0 Å². The van der Waals surface area contributed by atoms with Gasteiger partial charge in [-0.3, -0.25) is 13.9 Å². The number of amides is 2. The molecule has 180 valence electrons. The lowest BCUT2D eigenvalue weighted by Crippen LogP contribution is -2.51. The summed E-state index contributed by atoms with van der Waals surface area (Å²) in [5, 5.41) is 3.18. The summed E-state index contributed by atoms with van der Waals surface area (Å²) in [6, 6.07) is 13.3. The smallest absolute Gasteiger partial charge is 0.244 e. The molecule has 33 heavy (non-hydrogen) atoms. The van der Waals surface area contributed by atoms with E-state index in [9.17, 15) is 18.0 Å². The molecule has 0 radical (unpaired) electrons. The standard InChI is InChI=1S/C24H32ClN3O4S/c1-6-26-24(30)18(4)27(15-19-11-7-9-13-21(19)25)23(29)16-28(33(5,31)32)22-14-10-8-12-20(22)17(2)3/h7-14,17-18H,6,15-16H2,1-5H3,(H,26,30)/t18-/m1/s1. The van der Waals surface area contributed by atoms with Gasteiger partial charge in [-0.1, -0.05) is 61.8 Å². The molecule has 1 N–H and O–H groups in total. The molecule has 0 heterocycles. The number of para-hydroxylation sites is 1. The van der Waals surface area contributed by atoms with Crippen molar-refractivity contribution in [1.82, 2.24) is 10.2 Å². The molecule has 9 heteroatoms. The second-order valence-corrected chi connectivity index (χ2v) is 10.5. The lowest BCUT2D eigenvalue weighted by Gasteiger charge is -2.32. The summed E-state index contributed by atoms with van der Waals surface area (Å²) in [5.74, 6) is -0.780. The molecular weight excluding hydrogens is 462 g/mol. The van der Waals surface area contributed by atoms with Crippen LogP contribution in [0.15, 0.2) is 48.5 Å². The van der Waals surface area contributed by atoms with E-state index in [1.165, 1.54) is 4.90 Å². The molecule has 0 aliphatic rings. The maximum Gasteiger partial charge on any atom is 0.244 e. The Balaban J connectivity index is 2.47. The number of hydrogen-bond acceptors (Lipinski definition) is 4. The third-order valence-electron chi connectivity index (χ3n) is 5.32. The highest BCUT2D eigenvalue weighted by Gasteiger charge is 2.31. The van der Waals surface area contributed by atoms with E-state index in [1.54, 1.807) is 50.2 Å². The van der Waals surface area contributed by atoms with Gasteiger partial charge in [0, 0.05) is 18.1 Å². The minimum absolute atomic E-state index is 0.0500. The molecule has 0 saturated heterocycles. The van der Waals surface area contributed by atoms with Crippen LogP contribution >= 0.6 is 11.6 Å². The van der Waals surface area contributed by atoms with E-state index in [4.69, 9.17) is 11.6 Å². The molecule has 0 aliphatic carbocycles. The Labute approximate surface area is 201 Å². The number of anilines is 1. The van der Waals surface area contributed by atoms with Gasteiger partial charge in [0.1, 0.15) is 12.6 Å². The van der Waals surface area contributed by atoms with Crippen LogP contribution in [-0.4, -0.2) is 50.5 Å². The maximum absolute atomic E-state index is 13.5. The molecule has 0 unspecified atom stereocenters. The van der Waals surface area contributed by atoms with Gasteiger partial charge in [-0.05, 0) is 43.0 Å². The number of likely N-dealkylation sites (N-methyl/N-ethyl adjacent to an activating group) is 1. The summed E-state index contributed by atoms with van der Waals surface area (Å²) < 4.78 is 26.6. The number of carbonyl (C=O) groups is 2. The Morgan fingerprint density at radius 1 is 1.03 bits per heavy atom. The van der Waals surface area contributed by atoms with Crippen LogP contribution in [0, 0.1) is 0 Å². The number of hydrogen-bond donors (Lipinski definition) is 1. The molecule has 0 aliphatic heterocycles. The van der Waals surface area contributed by atoms with Gasteiger partial charge in [-0.25, -0.2) is 8.42 Å². The van der Waals surface area contributed by atoms with E-state index >= 15 is 0 Å². The highest BCUT2D eigenvalue weighted by atomic mass is 35.5. The zero-order chi connectivity index (χ0) is 24.8. The van der Waals surface area contributed by atoms with E-state index in [0.29, 0.717) is 22.8 Å². The SMILES string of the molecule is CCNC(=O)[C@@H](C)N(Cc1ccccc1Cl)C(=O)CN(c1ccccc1C(C)C)S(C)(=O)=O. The molecule has 2 aromatic rings. The van der Waals surface area contributed by atoms with E-state index in [1.807, 2.05) is 26.0 Å². The number of sulfonamides is 1. The largest absolute Gasteiger partial charge is 0.355 e. The first-order valence-electron chi connectivity index (χ1n) is 10.8. The van der Waals surface area contributed by atoms with Crippen LogP contribution in [0.2, 0.25) is 5.02 Å². The minimum Gasteiger partial charge on any atom is -0.355 e. The predicted molar refractivity (Wildman–Crippen MR) is 133 cm³/mol. The van der Waals surface area contributed by atoms with Crippen molar-refractivity contribution in [2.75, 3.05) is 23.7 Å². The second-order valence-electron chi connectivity index (χ2n) is 8.17. The third kappa shape index (κ3) is 6.95. The van der Waals surface area contributed by atoms with E-state index < -0.39 is 28.5 Å². The fourth-order valence-electron chi connectivity index (χ4n) is 3.51. The lowest BCUT2D eigenvalue weighted by atomic mass is 10.0. The lowest BCUT2D eigenvalue weighted by molar-refractivity contribution is -0.139. The number of rotatable bonds is 10. The highest BCUT2D eigenvalue weighted by molar-refractivity contribution is 7.92. The summed E-state index contributed by atoms with van der Waals surface area (Å²) in [6.07, 6.45) is 1.07. The Kier molecular flexibility index (Phi) is 9.31. The van der Waals surface area contributed by atoms with E-state index in [0.717, 1.165) is 16.1 Å². The van der Waals surface area contributed by atoms with Crippen LogP contribution in [-0.2, 0) is 26.2 Å². The van der Waals surface area contributed by atoms with Crippen LogP contribution < -0.4 is 9.62 Å². The Morgan fingerprint density at radius 3 is 2.21 bits per heavy atom. The molecule has 7 nitrogen and oxygen atoms in total. The van der Waals surface area contributed by atoms with E-state index in [-0.39, 0.29) is 18.4 Å². The average Bonchev–Trinajstić information content (AvgIpc) is 2.75. The molecule has 2 aromatic carbocycles. The van der Waals surface area contributed by atoms with Gasteiger partial charge >= 0.3 is 0 Å². The first kappa shape index (κ1) is 26.7. The molecule has 0 saturated carbocycles. The third-order valence-corrected chi connectivity index (χ3v) is 6.82. The molecule has 0 bridgehead atoms. The van der Waals surface area contributed by atoms with Gasteiger partial charge in [-0.15, -0.1) is 0 Å². The van der Waals surface area contributed by atoms with Crippen molar-refractivity contribution in [3.05, 3.63) is 64.7 Å². The van der Waals surface area contributed by atoms with Gasteiger partial charge in [0.2, 0.25) is 21.8 Å². The Bertz CT molecular complexity index is 1090. The van der Waals surface area contributed by atoms with E-state index in [2.05, 4.69) is 5.32 Å². The van der Waals surface area contributed by atoms with Crippen molar-refractivity contribution in [1.29, 1.82) is 0 Å². The van der Waals surface area contributed by atoms with Gasteiger partial charge in [-0.2, -0.15) is 0 Å². The number of nitrogens with one attached hydrogen (secondary N) is 1. The first-order valence-corrected chi connectivity index (χ1v) is 13.1. The molecule has 0 fully saturated rings. The van der Waals surface area contributed by atoms with Crippen molar-refractivity contribution < 1.29 is 18.0 Å². The van der Waals surface area contributed by atoms with Gasteiger partial charge in [0.05, 0.1) is 11.9 Å². The topological polar surface area (TPSA) is 86.8 Å². The van der Waals surface area contributed by atoms with Gasteiger partial charge in [0.15, 0.2) is 0 Å². The fraction of sp³-hybridized carbons (Fsp3) is 0.417. The molecule has 2 amide bonds. The fourth-order valence-corrected chi connectivity index (χ4v) is 4.58. The van der Waals surface area contributed by atoms with Crippen LogP contribution in [0.3, 0.4) is 0 Å². The van der Waals surface area contributed by atoms with Crippen LogP contribution in [0.4, 0.5) is 5.69 Å². The first-order chi connectivity index (χ1) is 15.5. The summed E-state index contributed by atoms with van der Waals surface area (Å²) in [7, 11) is -3.78. The van der Waals surface area contributed by atoms with Crippen LogP contribution in [0.1, 0.15) is 44.7 Å². The molecular formula is C24H32ClN3O4S. The number of nitrogens with zero attached hydrogens (tertiary/aromatic N) is 2. The van der Waals surface area contributed by atoms with Crippen molar-refractivity contribution in [2.45, 2.75) is 46.2 Å². The average molecular weight is 494 g/mol. The monoisotopic (exact) mass is 493 g/mol. The molecule has 1 atom stereocenters. The maximum atomic E-state index is 13.5. The number of benzene rings is 2. The van der Waals surface area contributed by atoms with Crippen molar-refractivity contribution in [3.63, 3.8) is 0 Å². The second kappa shape index (κ2) is 11.5. The van der Waals surface area contributed by atoms with Crippen molar-refractivity contribution in [3.8, 4) is 0 Å². The van der Waals surface area contributed by atoms with Crippen molar-refractivity contribution in [2.24, 2.45) is 0 Å². The normalized spacial score (nSPS) is 12.3. The Hall–Kier alpha value is -2.58. The van der Waals surface area contributed by atoms with Crippen molar-refractivity contribution >= 4 is 39.1 Å². The summed E-state index contributed by atoms with van der Waals surface area (Å²) >= 11 is 6.30. The predicted octanol–water partition coefficient (Wildman–Crippen LogP) is 3.78. The van der Waals surface area contributed by atoms with Gasteiger partial charge in [0.25, 0.3) is 0 Å². The van der Waals surface area contributed by atoms with Gasteiger partial charge < -0.3 is 10.2 Å². The van der Waals surface area contributed by atoms with Crippen LogP contribution in [0.5, 0.6) is 0 Å².